The molecule has 0 radical (unpaired) electrons. The van der Waals surface area contributed by atoms with Crippen molar-refractivity contribution in [1.82, 2.24) is 0 Å². The molecule has 0 saturated heterocycles. The normalized spacial score (nSPS) is 11.7. The van der Waals surface area contributed by atoms with Crippen molar-refractivity contribution in [1.29, 1.82) is 0 Å². The second-order valence-electron chi connectivity index (χ2n) is 4.03. The zero-order valence-electron chi connectivity index (χ0n) is 12.5. The first kappa shape index (κ1) is 14.8. The van der Waals surface area contributed by atoms with Gasteiger partial charge >= 0.3 is 29.0 Å². The topological polar surface area (TPSA) is 46.5 Å². The van der Waals surface area contributed by atoms with Gasteiger partial charge in [0.1, 0.15) is 5.75 Å². The molecular weight excluding hydrogens is 240 g/mol. The third-order valence-electron chi connectivity index (χ3n) is 2.94. The standard InChI is InChI=1S/C14H14O3.Mg.2H/c1-9(14(15)16)10-3-4-12-8-13(17-2)6-5-11(12)7-10;;;/h3-9H,1-2H3,(H,15,16);;;/q;+2;2*-1/t9-;;;/m0.../s1. The van der Waals surface area contributed by atoms with Gasteiger partial charge in [0.15, 0.2) is 0 Å². The summed E-state index contributed by atoms with van der Waals surface area (Å²) in [7, 11) is 1.63. The molecule has 2 rings (SSSR count). The summed E-state index contributed by atoms with van der Waals surface area (Å²) in [6.45, 7) is 1.69. The van der Waals surface area contributed by atoms with E-state index in [0.717, 1.165) is 22.1 Å². The van der Waals surface area contributed by atoms with Gasteiger partial charge in [-0.15, -0.1) is 0 Å². The molecule has 0 spiro atoms. The number of carboxylic acid groups (broad SMARTS) is 1. The van der Waals surface area contributed by atoms with Gasteiger partial charge in [-0.1, -0.05) is 24.3 Å². The number of aliphatic carboxylic acids is 1. The Bertz CT molecular complexity index is 575. The molecule has 18 heavy (non-hydrogen) atoms. The molecule has 2 aromatic carbocycles. The smallest absolute Gasteiger partial charge is 1.00 e. The van der Waals surface area contributed by atoms with Crippen molar-refractivity contribution in [3.05, 3.63) is 42.0 Å². The van der Waals surface area contributed by atoms with Gasteiger partial charge in [-0.3, -0.25) is 4.79 Å². The molecule has 0 aliphatic heterocycles. The van der Waals surface area contributed by atoms with E-state index in [9.17, 15) is 4.79 Å². The molecular formula is C14H16MgO3. The average Bonchev–Trinajstić information content (AvgIpc) is 2.36. The quantitative estimate of drug-likeness (QED) is 0.859. The minimum Gasteiger partial charge on any atom is -1.00 e. The van der Waals surface area contributed by atoms with E-state index in [-0.39, 0.29) is 25.9 Å². The fraction of sp³-hybridized carbons (Fsp3) is 0.214. The number of carboxylic acids is 1. The Morgan fingerprint density at radius 3 is 2.44 bits per heavy atom. The van der Waals surface area contributed by atoms with E-state index in [0.29, 0.717) is 0 Å². The van der Waals surface area contributed by atoms with Gasteiger partial charge in [0.2, 0.25) is 0 Å². The maximum absolute atomic E-state index is 10.9. The summed E-state index contributed by atoms with van der Waals surface area (Å²) in [5.74, 6) is -0.490. The van der Waals surface area contributed by atoms with E-state index in [2.05, 4.69) is 0 Å². The first-order valence-corrected chi connectivity index (χ1v) is 5.42. The number of fused-ring (bicyclic) bond motifs is 1. The zero-order chi connectivity index (χ0) is 12.4. The zero-order valence-corrected chi connectivity index (χ0v) is 11.9. The van der Waals surface area contributed by atoms with Gasteiger partial charge < -0.3 is 12.7 Å². The van der Waals surface area contributed by atoms with E-state index in [1.54, 1.807) is 14.0 Å². The summed E-state index contributed by atoms with van der Waals surface area (Å²) >= 11 is 0. The molecule has 0 aliphatic carbocycles. The molecule has 92 valence electrons. The van der Waals surface area contributed by atoms with Crippen LogP contribution >= 0.6 is 0 Å². The van der Waals surface area contributed by atoms with Crippen molar-refractivity contribution >= 4 is 39.8 Å². The molecule has 0 bridgehead atoms. The maximum atomic E-state index is 10.9. The Hall–Kier alpha value is -1.26. The largest absolute Gasteiger partial charge is 2.00 e. The van der Waals surface area contributed by atoms with Crippen molar-refractivity contribution in [2.24, 2.45) is 0 Å². The van der Waals surface area contributed by atoms with E-state index in [1.165, 1.54) is 0 Å². The molecule has 0 amide bonds. The molecule has 2 aromatic rings. The molecule has 0 heterocycles. The SMILES string of the molecule is COc1ccc2cc([C@H](C)C(=O)O)ccc2c1.[H-].[H-].[Mg+2]. The summed E-state index contributed by atoms with van der Waals surface area (Å²) in [4.78, 5) is 10.9. The van der Waals surface area contributed by atoms with Crippen LogP contribution in [-0.2, 0) is 4.79 Å². The van der Waals surface area contributed by atoms with Gasteiger partial charge in [-0.25, -0.2) is 0 Å². The van der Waals surface area contributed by atoms with Gasteiger partial charge in [0, 0.05) is 0 Å². The fourth-order valence-electron chi connectivity index (χ4n) is 1.78. The molecule has 1 atom stereocenters. The Morgan fingerprint density at radius 2 is 1.83 bits per heavy atom. The van der Waals surface area contributed by atoms with Crippen LogP contribution in [0.15, 0.2) is 36.4 Å². The molecule has 4 heteroatoms. The average molecular weight is 257 g/mol. The number of rotatable bonds is 3. The van der Waals surface area contributed by atoms with Gasteiger partial charge in [0.25, 0.3) is 0 Å². The van der Waals surface area contributed by atoms with E-state index >= 15 is 0 Å². The molecule has 0 saturated carbocycles. The predicted octanol–water partition coefficient (Wildman–Crippen LogP) is 2.88. The van der Waals surface area contributed by atoms with Crippen molar-refractivity contribution in [3.63, 3.8) is 0 Å². The van der Waals surface area contributed by atoms with Crippen molar-refractivity contribution in [3.8, 4) is 5.75 Å². The monoisotopic (exact) mass is 256 g/mol. The number of methoxy groups -OCH3 is 1. The number of carbonyl (C=O) groups is 1. The third kappa shape index (κ3) is 2.94. The minimum atomic E-state index is -0.808. The van der Waals surface area contributed by atoms with Gasteiger partial charge in [-0.2, -0.15) is 0 Å². The Kier molecular flexibility index (Phi) is 4.99. The van der Waals surface area contributed by atoms with Crippen molar-refractivity contribution in [2.75, 3.05) is 7.11 Å². The van der Waals surface area contributed by atoms with Crippen molar-refractivity contribution in [2.45, 2.75) is 12.8 Å². The minimum absolute atomic E-state index is 0. The number of hydrogen-bond acceptors (Lipinski definition) is 2. The molecule has 0 unspecified atom stereocenters. The van der Waals surface area contributed by atoms with Crippen LogP contribution in [0.2, 0.25) is 0 Å². The van der Waals surface area contributed by atoms with Crippen LogP contribution in [0.25, 0.3) is 10.8 Å². The second-order valence-corrected chi connectivity index (χ2v) is 4.03. The van der Waals surface area contributed by atoms with Crippen LogP contribution in [-0.4, -0.2) is 41.2 Å². The van der Waals surface area contributed by atoms with Crippen LogP contribution in [0.5, 0.6) is 5.75 Å². The van der Waals surface area contributed by atoms with Crippen LogP contribution in [0.3, 0.4) is 0 Å². The predicted molar refractivity (Wildman–Crippen MR) is 74.5 cm³/mol. The Morgan fingerprint density at radius 1 is 1.22 bits per heavy atom. The van der Waals surface area contributed by atoms with Gasteiger partial charge in [0.05, 0.1) is 13.0 Å². The number of ether oxygens (including phenoxy) is 1. The summed E-state index contributed by atoms with van der Waals surface area (Å²) in [5.41, 5.74) is 0.815. The molecule has 0 aliphatic rings. The maximum Gasteiger partial charge on any atom is 2.00 e. The number of hydrogen-bond donors (Lipinski definition) is 1. The van der Waals surface area contributed by atoms with E-state index < -0.39 is 11.9 Å². The Balaban J connectivity index is 0. The summed E-state index contributed by atoms with van der Waals surface area (Å²) in [6, 6.07) is 11.4. The first-order chi connectivity index (χ1) is 8.11. The van der Waals surface area contributed by atoms with Crippen LogP contribution in [0, 0.1) is 0 Å². The second kappa shape index (κ2) is 6.07. The van der Waals surface area contributed by atoms with Crippen molar-refractivity contribution < 1.29 is 17.5 Å². The molecule has 1 N–H and O–H groups in total. The van der Waals surface area contributed by atoms with E-state index in [4.69, 9.17) is 9.84 Å². The first-order valence-electron chi connectivity index (χ1n) is 5.42. The van der Waals surface area contributed by atoms with Crippen LogP contribution < -0.4 is 4.74 Å². The van der Waals surface area contributed by atoms with Gasteiger partial charge in [-0.05, 0) is 35.4 Å². The summed E-state index contributed by atoms with van der Waals surface area (Å²) in [5, 5.41) is 11.0. The van der Waals surface area contributed by atoms with Crippen LogP contribution in [0.4, 0.5) is 0 Å². The molecule has 0 fully saturated rings. The molecule has 3 nitrogen and oxygen atoms in total. The summed E-state index contributed by atoms with van der Waals surface area (Å²) in [6.07, 6.45) is 0. The number of benzene rings is 2. The summed E-state index contributed by atoms with van der Waals surface area (Å²) < 4.78 is 5.14. The fourth-order valence-corrected chi connectivity index (χ4v) is 1.78. The third-order valence-corrected chi connectivity index (χ3v) is 2.94. The van der Waals surface area contributed by atoms with Crippen LogP contribution in [0.1, 0.15) is 21.3 Å². The van der Waals surface area contributed by atoms with E-state index in [1.807, 2.05) is 36.4 Å². The Labute approximate surface area is 125 Å². The molecule has 0 aromatic heterocycles.